The predicted octanol–water partition coefficient (Wildman–Crippen LogP) is 3.80. The molecule has 0 bridgehead atoms. The third-order valence-corrected chi connectivity index (χ3v) is 4.24. The highest BCUT2D eigenvalue weighted by Crippen LogP contribution is 2.35. The normalized spacial score (nSPS) is 18.4. The quantitative estimate of drug-likeness (QED) is 0.777. The topological polar surface area (TPSA) is 37.4 Å². The SMILES string of the molecule is Cc1cc(Br)ccc1N1C(=O)CC(c2ccccc2)C1=O. The first kappa shape index (κ1) is 14.0. The summed E-state index contributed by atoms with van der Waals surface area (Å²) >= 11 is 3.40. The standard InChI is InChI=1S/C17H14BrNO2/c1-11-9-13(18)7-8-15(11)19-16(20)10-14(17(19)21)12-5-3-2-4-6-12/h2-9,14H,10H2,1H3. The van der Waals surface area contributed by atoms with Crippen LogP contribution in [0.25, 0.3) is 0 Å². The minimum absolute atomic E-state index is 0.140. The second-order valence-electron chi connectivity index (χ2n) is 5.17. The van der Waals surface area contributed by atoms with E-state index in [0.717, 1.165) is 15.6 Å². The molecule has 2 aromatic rings. The number of carbonyl (C=O) groups excluding carboxylic acids is 2. The summed E-state index contributed by atoms with van der Waals surface area (Å²) in [6.07, 6.45) is 0.234. The summed E-state index contributed by atoms with van der Waals surface area (Å²) in [5.74, 6) is -0.655. The Hall–Kier alpha value is -1.94. The molecule has 106 valence electrons. The summed E-state index contributed by atoms with van der Waals surface area (Å²) in [7, 11) is 0. The van der Waals surface area contributed by atoms with Crippen LogP contribution in [0.2, 0.25) is 0 Å². The number of carbonyl (C=O) groups is 2. The molecule has 1 aliphatic rings. The molecular weight excluding hydrogens is 330 g/mol. The first-order valence-electron chi connectivity index (χ1n) is 6.76. The van der Waals surface area contributed by atoms with Crippen LogP contribution < -0.4 is 4.90 Å². The van der Waals surface area contributed by atoms with Gasteiger partial charge >= 0.3 is 0 Å². The maximum absolute atomic E-state index is 12.6. The van der Waals surface area contributed by atoms with E-state index < -0.39 is 0 Å². The summed E-state index contributed by atoms with van der Waals surface area (Å²) < 4.78 is 0.933. The average molecular weight is 344 g/mol. The molecule has 0 aliphatic carbocycles. The van der Waals surface area contributed by atoms with Gasteiger partial charge in [-0.05, 0) is 36.2 Å². The smallest absolute Gasteiger partial charge is 0.241 e. The lowest BCUT2D eigenvalue weighted by Gasteiger charge is -2.17. The van der Waals surface area contributed by atoms with Crippen molar-refractivity contribution in [1.82, 2.24) is 0 Å². The summed E-state index contributed by atoms with van der Waals surface area (Å²) in [4.78, 5) is 26.3. The first-order valence-corrected chi connectivity index (χ1v) is 7.55. The maximum Gasteiger partial charge on any atom is 0.241 e. The van der Waals surface area contributed by atoms with Crippen LogP contribution in [-0.4, -0.2) is 11.8 Å². The Bertz CT molecular complexity index is 712. The molecule has 0 aromatic heterocycles. The van der Waals surface area contributed by atoms with E-state index in [0.29, 0.717) is 5.69 Å². The van der Waals surface area contributed by atoms with Crippen LogP contribution >= 0.6 is 15.9 Å². The van der Waals surface area contributed by atoms with Gasteiger partial charge in [0.05, 0.1) is 11.6 Å². The molecule has 1 aliphatic heterocycles. The fraction of sp³-hybridized carbons (Fsp3) is 0.176. The van der Waals surface area contributed by atoms with Gasteiger partial charge in [-0.15, -0.1) is 0 Å². The Morgan fingerprint density at radius 1 is 1.10 bits per heavy atom. The minimum atomic E-state index is -0.373. The number of rotatable bonds is 2. The number of imide groups is 1. The lowest BCUT2D eigenvalue weighted by atomic mass is 9.98. The van der Waals surface area contributed by atoms with Crippen LogP contribution in [-0.2, 0) is 9.59 Å². The van der Waals surface area contributed by atoms with Crippen LogP contribution in [0.4, 0.5) is 5.69 Å². The number of hydrogen-bond donors (Lipinski definition) is 0. The van der Waals surface area contributed by atoms with Crippen LogP contribution in [0.5, 0.6) is 0 Å². The molecule has 21 heavy (non-hydrogen) atoms. The zero-order valence-corrected chi connectivity index (χ0v) is 13.1. The Labute approximate surface area is 131 Å². The molecule has 1 heterocycles. The molecule has 0 spiro atoms. The van der Waals surface area contributed by atoms with Crippen molar-refractivity contribution in [2.75, 3.05) is 4.90 Å². The van der Waals surface area contributed by atoms with Crippen LogP contribution in [0.3, 0.4) is 0 Å². The molecule has 1 fully saturated rings. The Balaban J connectivity index is 1.98. The van der Waals surface area contributed by atoms with E-state index in [4.69, 9.17) is 0 Å². The number of amides is 2. The van der Waals surface area contributed by atoms with Crippen LogP contribution in [0, 0.1) is 6.92 Å². The number of anilines is 1. The fourth-order valence-electron chi connectivity index (χ4n) is 2.70. The van der Waals surface area contributed by atoms with Gasteiger partial charge < -0.3 is 0 Å². The zero-order chi connectivity index (χ0) is 15.0. The molecule has 0 saturated carbocycles. The molecule has 3 nitrogen and oxygen atoms in total. The van der Waals surface area contributed by atoms with Gasteiger partial charge in [0, 0.05) is 10.9 Å². The third-order valence-electron chi connectivity index (χ3n) is 3.75. The van der Waals surface area contributed by atoms with E-state index >= 15 is 0 Å². The Kier molecular flexibility index (Phi) is 3.64. The summed E-state index contributed by atoms with van der Waals surface area (Å²) in [6.45, 7) is 1.90. The predicted molar refractivity (Wildman–Crippen MR) is 85.2 cm³/mol. The van der Waals surface area contributed by atoms with Crippen molar-refractivity contribution >= 4 is 33.4 Å². The van der Waals surface area contributed by atoms with Crippen molar-refractivity contribution < 1.29 is 9.59 Å². The van der Waals surface area contributed by atoms with Crippen LogP contribution in [0.1, 0.15) is 23.5 Å². The monoisotopic (exact) mass is 343 g/mol. The van der Waals surface area contributed by atoms with Crippen molar-refractivity contribution in [3.8, 4) is 0 Å². The Morgan fingerprint density at radius 3 is 2.48 bits per heavy atom. The van der Waals surface area contributed by atoms with Gasteiger partial charge in [-0.3, -0.25) is 9.59 Å². The highest BCUT2D eigenvalue weighted by molar-refractivity contribution is 9.10. The molecule has 2 amide bonds. The van der Waals surface area contributed by atoms with Crippen molar-refractivity contribution in [2.24, 2.45) is 0 Å². The highest BCUT2D eigenvalue weighted by Gasteiger charge is 2.40. The van der Waals surface area contributed by atoms with Crippen molar-refractivity contribution in [1.29, 1.82) is 0 Å². The van der Waals surface area contributed by atoms with Gasteiger partial charge in [-0.2, -0.15) is 0 Å². The van der Waals surface area contributed by atoms with Crippen molar-refractivity contribution in [3.63, 3.8) is 0 Å². The molecule has 1 unspecified atom stereocenters. The van der Waals surface area contributed by atoms with Gasteiger partial charge in [0.1, 0.15) is 0 Å². The number of hydrogen-bond acceptors (Lipinski definition) is 2. The van der Waals surface area contributed by atoms with Crippen molar-refractivity contribution in [3.05, 3.63) is 64.1 Å². The maximum atomic E-state index is 12.6. The fourth-order valence-corrected chi connectivity index (χ4v) is 3.18. The number of nitrogens with zero attached hydrogens (tertiary/aromatic N) is 1. The first-order chi connectivity index (χ1) is 10.1. The molecule has 0 N–H and O–H groups in total. The molecular formula is C17H14BrNO2. The average Bonchev–Trinajstić information content (AvgIpc) is 2.76. The number of benzene rings is 2. The van der Waals surface area contributed by atoms with E-state index in [1.807, 2.05) is 55.5 Å². The van der Waals surface area contributed by atoms with Crippen molar-refractivity contribution in [2.45, 2.75) is 19.3 Å². The van der Waals surface area contributed by atoms with E-state index in [1.54, 1.807) is 0 Å². The molecule has 2 aromatic carbocycles. The molecule has 3 rings (SSSR count). The summed E-state index contributed by atoms with van der Waals surface area (Å²) in [5, 5.41) is 0. The van der Waals surface area contributed by atoms with E-state index in [1.165, 1.54) is 4.90 Å². The van der Waals surface area contributed by atoms with Gasteiger partial charge in [0.15, 0.2) is 0 Å². The zero-order valence-electron chi connectivity index (χ0n) is 11.5. The Morgan fingerprint density at radius 2 is 1.81 bits per heavy atom. The lowest BCUT2D eigenvalue weighted by Crippen LogP contribution is -2.30. The molecule has 0 radical (unpaired) electrons. The lowest BCUT2D eigenvalue weighted by molar-refractivity contribution is -0.121. The second-order valence-corrected chi connectivity index (χ2v) is 6.08. The van der Waals surface area contributed by atoms with Crippen LogP contribution in [0.15, 0.2) is 53.0 Å². The van der Waals surface area contributed by atoms with E-state index in [9.17, 15) is 9.59 Å². The highest BCUT2D eigenvalue weighted by atomic mass is 79.9. The third kappa shape index (κ3) is 2.51. The largest absolute Gasteiger partial charge is 0.274 e. The van der Waals surface area contributed by atoms with E-state index in [-0.39, 0.29) is 24.2 Å². The number of halogens is 1. The summed E-state index contributed by atoms with van der Waals surface area (Å²) in [6, 6.07) is 15.0. The summed E-state index contributed by atoms with van der Waals surface area (Å²) in [5.41, 5.74) is 2.47. The number of aryl methyl sites for hydroxylation is 1. The molecule has 4 heteroatoms. The molecule has 1 atom stereocenters. The van der Waals surface area contributed by atoms with Gasteiger partial charge in [-0.1, -0.05) is 46.3 Å². The second kappa shape index (κ2) is 5.45. The van der Waals surface area contributed by atoms with Gasteiger partial charge in [-0.25, -0.2) is 4.90 Å². The molecule has 1 saturated heterocycles. The van der Waals surface area contributed by atoms with E-state index in [2.05, 4.69) is 15.9 Å². The minimum Gasteiger partial charge on any atom is -0.274 e. The van der Waals surface area contributed by atoms with Gasteiger partial charge in [0.25, 0.3) is 0 Å². The van der Waals surface area contributed by atoms with Gasteiger partial charge in [0.2, 0.25) is 11.8 Å².